The Labute approximate surface area is 171 Å². The minimum absolute atomic E-state index is 0.0331. The maximum atomic E-state index is 12.6. The van der Waals surface area contributed by atoms with E-state index in [1.165, 1.54) is 19.1 Å². The minimum atomic E-state index is -3.57. The number of esters is 1. The molecule has 7 nitrogen and oxygen atoms in total. The number of hydrogen-bond donors (Lipinski definition) is 2. The summed E-state index contributed by atoms with van der Waals surface area (Å²) in [6.45, 7) is 3.51. The van der Waals surface area contributed by atoms with Gasteiger partial charge in [0.05, 0.1) is 23.5 Å². The Kier molecular flexibility index (Phi) is 7.78. The van der Waals surface area contributed by atoms with Crippen LogP contribution in [0, 0.1) is 0 Å². The van der Waals surface area contributed by atoms with E-state index in [9.17, 15) is 18.0 Å². The molecule has 1 amide bonds. The Balaban J connectivity index is 2.08. The van der Waals surface area contributed by atoms with Crippen molar-refractivity contribution in [3.8, 4) is 0 Å². The van der Waals surface area contributed by atoms with Gasteiger partial charge < -0.3 is 10.1 Å². The molecule has 0 aliphatic heterocycles. The predicted octanol–water partition coefficient (Wildman–Crippen LogP) is 3.26. The molecule has 0 saturated heterocycles. The van der Waals surface area contributed by atoms with E-state index >= 15 is 0 Å². The van der Waals surface area contributed by atoms with Gasteiger partial charge in [0, 0.05) is 0 Å². The smallest absolute Gasteiger partial charge is 0.341 e. The second-order valence-corrected chi connectivity index (χ2v) is 8.48. The van der Waals surface area contributed by atoms with Crippen LogP contribution in [0.1, 0.15) is 48.7 Å². The van der Waals surface area contributed by atoms with Crippen LogP contribution in [0.15, 0.2) is 54.6 Å². The monoisotopic (exact) mass is 418 g/mol. The quantitative estimate of drug-likeness (QED) is 0.609. The number of nitrogens with one attached hydrogen (secondary N) is 2. The van der Waals surface area contributed by atoms with Gasteiger partial charge in [-0.15, -0.1) is 0 Å². The summed E-state index contributed by atoms with van der Waals surface area (Å²) in [5.41, 5.74) is 1.11. The lowest BCUT2D eigenvalue weighted by Gasteiger charge is -2.21. The van der Waals surface area contributed by atoms with E-state index in [2.05, 4.69) is 10.0 Å². The topological polar surface area (TPSA) is 102 Å². The van der Waals surface area contributed by atoms with E-state index in [1.807, 2.05) is 37.3 Å². The molecule has 8 heteroatoms. The SMILES string of the molecule is CCC[C@H](NC(=O)[C@H](C)OC(=O)c1ccccc1NS(C)(=O)=O)c1ccccc1. The van der Waals surface area contributed by atoms with Crippen LogP contribution < -0.4 is 10.0 Å². The van der Waals surface area contributed by atoms with Crippen molar-refractivity contribution in [1.82, 2.24) is 5.32 Å². The summed E-state index contributed by atoms with van der Waals surface area (Å²) in [5.74, 6) is -1.21. The summed E-state index contributed by atoms with van der Waals surface area (Å²) in [5, 5.41) is 2.92. The zero-order valence-electron chi connectivity index (χ0n) is 16.7. The van der Waals surface area contributed by atoms with Gasteiger partial charge in [-0.1, -0.05) is 55.8 Å². The van der Waals surface area contributed by atoms with E-state index in [-0.39, 0.29) is 17.3 Å². The lowest BCUT2D eigenvalue weighted by atomic mass is 10.0. The van der Waals surface area contributed by atoms with Gasteiger partial charge in [0.15, 0.2) is 6.10 Å². The van der Waals surface area contributed by atoms with Crippen LogP contribution in [-0.4, -0.2) is 32.7 Å². The molecule has 0 saturated carbocycles. The third kappa shape index (κ3) is 6.90. The van der Waals surface area contributed by atoms with Gasteiger partial charge in [-0.2, -0.15) is 0 Å². The second kappa shape index (κ2) is 10.1. The molecule has 2 N–H and O–H groups in total. The van der Waals surface area contributed by atoms with Crippen LogP contribution in [-0.2, 0) is 19.6 Å². The Morgan fingerprint density at radius 1 is 1.03 bits per heavy atom. The lowest BCUT2D eigenvalue weighted by molar-refractivity contribution is -0.129. The van der Waals surface area contributed by atoms with Gasteiger partial charge in [0.1, 0.15) is 0 Å². The summed E-state index contributed by atoms with van der Waals surface area (Å²) >= 11 is 0. The Morgan fingerprint density at radius 2 is 1.66 bits per heavy atom. The van der Waals surface area contributed by atoms with Crippen LogP contribution in [0.5, 0.6) is 0 Å². The molecule has 156 valence electrons. The van der Waals surface area contributed by atoms with Crippen LogP contribution in [0.25, 0.3) is 0 Å². The maximum Gasteiger partial charge on any atom is 0.341 e. The van der Waals surface area contributed by atoms with Crippen molar-refractivity contribution in [1.29, 1.82) is 0 Å². The van der Waals surface area contributed by atoms with E-state index < -0.39 is 28.0 Å². The molecular formula is C21H26N2O5S. The summed E-state index contributed by atoms with van der Waals surface area (Å²) in [6, 6.07) is 15.5. The molecule has 0 radical (unpaired) electrons. The van der Waals surface area contributed by atoms with E-state index in [0.29, 0.717) is 0 Å². The van der Waals surface area contributed by atoms with Crippen LogP contribution in [0.3, 0.4) is 0 Å². The van der Waals surface area contributed by atoms with Gasteiger partial charge in [0.2, 0.25) is 10.0 Å². The molecule has 0 aliphatic rings. The fraction of sp³-hybridized carbons (Fsp3) is 0.333. The number of hydrogen-bond acceptors (Lipinski definition) is 5. The summed E-state index contributed by atoms with van der Waals surface area (Å²) in [7, 11) is -3.57. The van der Waals surface area contributed by atoms with Crippen LogP contribution in [0.2, 0.25) is 0 Å². The van der Waals surface area contributed by atoms with Crippen molar-refractivity contribution < 1.29 is 22.7 Å². The number of carbonyl (C=O) groups excluding carboxylic acids is 2. The third-order valence-corrected chi connectivity index (χ3v) is 4.78. The van der Waals surface area contributed by atoms with E-state index in [1.54, 1.807) is 12.1 Å². The Hall–Kier alpha value is -2.87. The minimum Gasteiger partial charge on any atom is -0.449 e. The number of ether oxygens (including phenoxy) is 1. The molecular weight excluding hydrogens is 392 g/mol. The second-order valence-electron chi connectivity index (χ2n) is 6.73. The Morgan fingerprint density at radius 3 is 2.28 bits per heavy atom. The van der Waals surface area contributed by atoms with Crippen molar-refractivity contribution in [3.05, 3.63) is 65.7 Å². The molecule has 2 rings (SSSR count). The van der Waals surface area contributed by atoms with E-state index in [4.69, 9.17) is 4.74 Å². The highest BCUT2D eigenvalue weighted by Gasteiger charge is 2.24. The van der Waals surface area contributed by atoms with Crippen molar-refractivity contribution in [2.45, 2.75) is 38.8 Å². The number of rotatable bonds is 9. The van der Waals surface area contributed by atoms with Gasteiger partial charge in [-0.05, 0) is 31.0 Å². The summed E-state index contributed by atoms with van der Waals surface area (Å²) < 4.78 is 30.5. The standard InChI is InChI=1S/C21H26N2O5S/c1-4-10-18(16-11-6-5-7-12-16)22-20(24)15(2)28-21(25)17-13-8-9-14-19(17)23-29(3,26)27/h5-9,11-15,18,23H,4,10H2,1-3H3,(H,22,24)/t15-,18-/m0/s1. The van der Waals surface area contributed by atoms with Gasteiger partial charge in [0.25, 0.3) is 5.91 Å². The maximum absolute atomic E-state index is 12.6. The number of sulfonamides is 1. The molecule has 2 atom stereocenters. The normalized spacial score (nSPS) is 13.2. The zero-order chi connectivity index (χ0) is 21.4. The fourth-order valence-corrected chi connectivity index (χ4v) is 3.39. The molecule has 0 aliphatic carbocycles. The van der Waals surface area contributed by atoms with Crippen molar-refractivity contribution in [3.63, 3.8) is 0 Å². The summed E-state index contributed by atoms with van der Waals surface area (Å²) in [6.07, 6.45) is 1.57. The summed E-state index contributed by atoms with van der Waals surface area (Å²) in [4.78, 5) is 25.1. The highest BCUT2D eigenvalue weighted by molar-refractivity contribution is 7.92. The molecule has 2 aromatic carbocycles. The number of amides is 1. The van der Waals surface area contributed by atoms with Crippen molar-refractivity contribution >= 4 is 27.6 Å². The van der Waals surface area contributed by atoms with Crippen LogP contribution in [0.4, 0.5) is 5.69 Å². The number of anilines is 1. The average Bonchev–Trinajstić information content (AvgIpc) is 2.67. The first-order valence-electron chi connectivity index (χ1n) is 9.34. The molecule has 0 unspecified atom stereocenters. The number of benzene rings is 2. The van der Waals surface area contributed by atoms with Gasteiger partial charge in [-0.25, -0.2) is 13.2 Å². The first-order chi connectivity index (χ1) is 13.7. The zero-order valence-corrected chi connectivity index (χ0v) is 17.5. The van der Waals surface area contributed by atoms with Gasteiger partial charge >= 0.3 is 5.97 Å². The average molecular weight is 419 g/mol. The predicted molar refractivity (Wildman–Crippen MR) is 112 cm³/mol. The fourth-order valence-electron chi connectivity index (χ4n) is 2.81. The molecule has 2 aromatic rings. The highest BCUT2D eigenvalue weighted by Crippen LogP contribution is 2.20. The molecule has 0 spiro atoms. The first kappa shape index (κ1) is 22.4. The molecule has 29 heavy (non-hydrogen) atoms. The number of para-hydroxylation sites is 1. The van der Waals surface area contributed by atoms with E-state index in [0.717, 1.165) is 24.7 Å². The third-order valence-electron chi connectivity index (χ3n) is 4.19. The number of carbonyl (C=O) groups is 2. The molecule has 0 heterocycles. The highest BCUT2D eigenvalue weighted by atomic mass is 32.2. The van der Waals surface area contributed by atoms with Crippen LogP contribution >= 0.6 is 0 Å². The Bertz CT molecular complexity index is 945. The lowest BCUT2D eigenvalue weighted by Crippen LogP contribution is -2.38. The molecule has 0 bridgehead atoms. The van der Waals surface area contributed by atoms with Crippen molar-refractivity contribution in [2.24, 2.45) is 0 Å². The largest absolute Gasteiger partial charge is 0.449 e. The van der Waals surface area contributed by atoms with Gasteiger partial charge in [-0.3, -0.25) is 9.52 Å². The van der Waals surface area contributed by atoms with Crippen molar-refractivity contribution in [2.75, 3.05) is 11.0 Å². The molecule has 0 fully saturated rings. The first-order valence-corrected chi connectivity index (χ1v) is 11.2. The molecule has 0 aromatic heterocycles.